The van der Waals surface area contributed by atoms with Crippen LogP contribution >= 0.6 is 23.2 Å². The van der Waals surface area contributed by atoms with Gasteiger partial charge in [-0.1, -0.05) is 47.8 Å². The van der Waals surface area contributed by atoms with Crippen LogP contribution < -0.4 is 10.1 Å². The molecule has 2 aliphatic carbocycles. The van der Waals surface area contributed by atoms with Crippen molar-refractivity contribution in [1.82, 2.24) is 5.16 Å². The third-order valence-corrected chi connectivity index (χ3v) is 8.33. The van der Waals surface area contributed by atoms with Gasteiger partial charge in [-0.25, -0.2) is 4.79 Å². The number of hydrogen-bond donors (Lipinski definition) is 2. The first kappa shape index (κ1) is 27.5. The van der Waals surface area contributed by atoms with Gasteiger partial charge >= 0.3 is 5.97 Å². The molecule has 3 unspecified atom stereocenters. The van der Waals surface area contributed by atoms with E-state index in [9.17, 15) is 14.7 Å². The van der Waals surface area contributed by atoms with Crippen LogP contribution in [-0.2, 0) is 16.1 Å². The van der Waals surface area contributed by atoms with Crippen molar-refractivity contribution < 1.29 is 28.7 Å². The van der Waals surface area contributed by atoms with E-state index in [1.54, 1.807) is 18.2 Å². The van der Waals surface area contributed by atoms with E-state index >= 15 is 0 Å². The number of benzene rings is 2. The molecule has 10 heteroatoms. The van der Waals surface area contributed by atoms with Gasteiger partial charge in [0.05, 0.1) is 41.6 Å². The summed E-state index contributed by atoms with van der Waals surface area (Å²) in [5, 5.41) is 17.5. The molecule has 5 rings (SSSR count). The summed E-state index contributed by atoms with van der Waals surface area (Å²) in [6, 6.07) is 9.71. The Hall–Kier alpha value is -3.07. The summed E-state index contributed by atoms with van der Waals surface area (Å²) in [4.78, 5) is 24.8. The van der Waals surface area contributed by atoms with Crippen molar-refractivity contribution in [3.63, 3.8) is 0 Å². The minimum Gasteiger partial charge on any atom is -0.495 e. The standard InChI is InChI=1S/C29H30Cl2N2O6/c1-3-15-11-18(24(15)28(34)32-22-12-17(29(35)36)9-10-23(22)37-2)13-38-14-19-26(33-39-27(19)16-7-8-16)25-20(30)5-4-6-21(25)31/h4-6,9-10,12,15-16,18,24H,3,7-8,11,13-14H2,1-2H3,(H,32,34)(H,35,36). The lowest BCUT2D eigenvalue weighted by Crippen LogP contribution is -2.46. The number of nitrogens with zero attached hydrogens (tertiary/aromatic N) is 1. The summed E-state index contributed by atoms with van der Waals surface area (Å²) in [5.74, 6) is 0.231. The van der Waals surface area contributed by atoms with Crippen LogP contribution in [0.4, 0.5) is 5.69 Å². The zero-order valence-corrected chi connectivity index (χ0v) is 23.2. The molecule has 8 nitrogen and oxygen atoms in total. The maximum atomic E-state index is 13.4. The molecule has 0 radical (unpaired) electrons. The number of anilines is 1. The fourth-order valence-corrected chi connectivity index (χ4v) is 5.98. The highest BCUT2D eigenvalue weighted by molar-refractivity contribution is 6.39. The Balaban J connectivity index is 1.29. The van der Waals surface area contributed by atoms with Crippen LogP contribution in [0.1, 0.15) is 60.2 Å². The third-order valence-electron chi connectivity index (χ3n) is 7.70. The summed E-state index contributed by atoms with van der Waals surface area (Å²) in [6.07, 6.45) is 3.79. The Labute approximate surface area is 236 Å². The lowest BCUT2D eigenvalue weighted by Gasteiger charge is -2.43. The Morgan fingerprint density at radius 3 is 2.54 bits per heavy atom. The Morgan fingerprint density at radius 2 is 1.90 bits per heavy atom. The fraction of sp³-hybridized carbons (Fsp3) is 0.414. The average molecular weight is 573 g/mol. The molecule has 2 fully saturated rings. The van der Waals surface area contributed by atoms with Gasteiger partial charge < -0.3 is 24.4 Å². The number of halogens is 2. The van der Waals surface area contributed by atoms with Crippen LogP contribution in [0.25, 0.3) is 11.3 Å². The van der Waals surface area contributed by atoms with Gasteiger partial charge in [0.2, 0.25) is 5.91 Å². The van der Waals surface area contributed by atoms with E-state index in [1.807, 2.05) is 0 Å². The lowest BCUT2D eigenvalue weighted by atomic mass is 9.63. The van der Waals surface area contributed by atoms with E-state index < -0.39 is 5.97 Å². The molecule has 2 aliphatic rings. The third kappa shape index (κ3) is 5.64. The van der Waals surface area contributed by atoms with Crippen molar-refractivity contribution >= 4 is 40.8 Å². The van der Waals surface area contributed by atoms with E-state index in [1.165, 1.54) is 25.3 Å². The summed E-state index contributed by atoms with van der Waals surface area (Å²) in [7, 11) is 1.48. The van der Waals surface area contributed by atoms with E-state index in [0.717, 1.165) is 37.0 Å². The molecule has 3 aromatic rings. The first-order valence-corrected chi connectivity index (χ1v) is 13.8. The number of carboxylic acids is 1. The van der Waals surface area contributed by atoms with Crippen LogP contribution in [0.5, 0.6) is 5.75 Å². The predicted octanol–water partition coefficient (Wildman–Crippen LogP) is 7.05. The number of carbonyl (C=O) groups excluding carboxylic acids is 1. The maximum Gasteiger partial charge on any atom is 0.335 e. The number of rotatable bonds is 11. The molecule has 0 spiro atoms. The second-order valence-electron chi connectivity index (χ2n) is 10.2. The monoisotopic (exact) mass is 572 g/mol. The minimum atomic E-state index is -1.08. The van der Waals surface area contributed by atoms with Crippen LogP contribution in [0.2, 0.25) is 10.0 Å². The smallest absolute Gasteiger partial charge is 0.335 e. The number of carboxylic acid groups (broad SMARTS) is 1. The molecule has 1 aromatic heterocycles. The Kier molecular flexibility index (Phi) is 8.16. The molecular formula is C29H30Cl2N2O6. The molecule has 0 aliphatic heterocycles. The van der Waals surface area contributed by atoms with Crippen molar-refractivity contribution in [2.24, 2.45) is 17.8 Å². The molecule has 2 saturated carbocycles. The maximum absolute atomic E-state index is 13.4. The summed E-state index contributed by atoms with van der Waals surface area (Å²) < 4.78 is 17.3. The number of amides is 1. The van der Waals surface area contributed by atoms with Crippen molar-refractivity contribution in [3.8, 4) is 17.0 Å². The number of hydrogen-bond acceptors (Lipinski definition) is 6. The van der Waals surface area contributed by atoms with Crippen LogP contribution in [0.15, 0.2) is 40.9 Å². The van der Waals surface area contributed by atoms with Gasteiger partial charge in [-0.3, -0.25) is 4.79 Å². The van der Waals surface area contributed by atoms with Gasteiger partial charge in [-0.05, 0) is 61.4 Å². The van der Waals surface area contributed by atoms with Crippen molar-refractivity contribution in [3.05, 3.63) is 63.3 Å². The Bertz CT molecular complexity index is 1370. The minimum absolute atomic E-state index is 0.0141. The molecule has 1 heterocycles. The van der Waals surface area contributed by atoms with E-state index in [0.29, 0.717) is 45.3 Å². The SMILES string of the molecule is CCC1CC(COCc2c(-c3c(Cl)cccc3Cl)noc2C2CC2)C1C(=O)Nc1cc(C(=O)O)ccc1OC. The highest BCUT2D eigenvalue weighted by Crippen LogP contribution is 2.47. The zero-order chi connectivity index (χ0) is 27.7. The van der Waals surface area contributed by atoms with Crippen LogP contribution in [0, 0.1) is 17.8 Å². The second-order valence-corrected chi connectivity index (χ2v) is 11.0. The highest BCUT2D eigenvalue weighted by atomic mass is 35.5. The van der Waals surface area contributed by atoms with Gasteiger partial charge in [0, 0.05) is 23.0 Å². The first-order chi connectivity index (χ1) is 18.8. The molecule has 0 saturated heterocycles. The second kappa shape index (κ2) is 11.6. The summed E-state index contributed by atoms with van der Waals surface area (Å²) in [5.41, 5.74) is 2.46. The summed E-state index contributed by atoms with van der Waals surface area (Å²) in [6.45, 7) is 2.71. The normalized spacial score (nSPS) is 20.4. The largest absolute Gasteiger partial charge is 0.495 e. The molecule has 1 amide bonds. The van der Waals surface area contributed by atoms with Gasteiger partial charge in [0.1, 0.15) is 17.2 Å². The summed E-state index contributed by atoms with van der Waals surface area (Å²) >= 11 is 12.9. The number of nitrogens with one attached hydrogen (secondary N) is 1. The lowest BCUT2D eigenvalue weighted by molar-refractivity contribution is -0.132. The molecule has 2 aromatic carbocycles. The van der Waals surface area contributed by atoms with E-state index in [4.69, 9.17) is 37.2 Å². The molecule has 39 heavy (non-hydrogen) atoms. The number of carbonyl (C=O) groups is 2. The van der Waals surface area contributed by atoms with Gasteiger partial charge in [-0.2, -0.15) is 0 Å². The van der Waals surface area contributed by atoms with Crippen LogP contribution in [0.3, 0.4) is 0 Å². The van der Waals surface area contributed by atoms with Crippen molar-refractivity contribution in [2.45, 2.75) is 45.1 Å². The van der Waals surface area contributed by atoms with Crippen molar-refractivity contribution in [1.29, 1.82) is 0 Å². The Morgan fingerprint density at radius 1 is 1.15 bits per heavy atom. The molecule has 2 N–H and O–H groups in total. The van der Waals surface area contributed by atoms with Gasteiger partial charge in [0.25, 0.3) is 0 Å². The molecule has 0 bridgehead atoms. The number of ether oxygens (including phenoxy) is 2. The van der Waals surface area contributed by atoms with E-state index in [-0.39, 0.29) is 35.8 Å². The number of aromatic nitrogens is 1. The zero-order valence-electron chi connectivity index (χ0n) is 21.7. The average Bonchev–Trinajstić information content (AvgIpc) is 3.66. The molecule has 3 atom stereocenters. The molecule has 206 valence electrons. The highest BCUT2D eigenvalue weighted by Gasteiger charge is 2.45. The van der Waals surface area contributed by atoms with Crippen LogP contribution in [-0.4, -0.2) is 35.9 Å². The first-order valence-electron chi connectivity index (χ1n) is 13.0. The van der Waals surface area contributed by atoms with Gasteiger partial charge in [0.15, 0.2) is 0 Å². The number of methoxy groups -OCH3 is 1. The quantitative estimate of drug-likeness (QED) is 0.253. The molecular weight excluding hydrogens is 543 g/mol. The fourth-order valence-electron chi connectivity index (χ4n) is 5.41. The van der Waals surface area contributed by atoms with Gasteiger partial charge in [-0.15, -0.1) is 0 Å². The van der Waals surface area contributed by atoms with Crippen molar-refractivity contribution in [2.75, 3.05) is 19.0 Å². The number of aromatic carboxylic acids is 1. The predicted molar refractivity (Wildman–Crippen MR) is 148 cm³/mol. The topological polar surface area (TPSA) is 111 Å². The van der Waals surface area contributed by atoms with E-state index in [2.05, 4.69) is 17.4 Å².